The Morgan fingerprint density at radius 2 is 0.528 bits per heavy atom. The minimum Gasteiger partial charge on any atom is -0.494 e. The number of aromatic hydroxyl groups is 3. The van der Waals surface area contributed by atoms with Gasteiger partial charge in [0.1, 0.15) is 0 Å². The molecule has 9 aromatic carbocycles. The van der Waals surface area contributed by atoms with Crippen LogP contribution in [0.5, 0.6) is 17.6 Å². The lowest BCUT2D eigenvalue weighted by Crippen LogP contribution is -1.99. The molecule has 0 bridgehead atoms. The van der Waals surface area contributed by atoms with E-state index in [-0.39, 0.29) is 29.5 Å². The molecule has 18 heteroatoms. The molecule has 12 aromatic rings. The van der Waals surface area contributed by atoms with Crippen LogP contribution in [0.4, 0.5) is 0 Å². The number of amides is 3. The maximum Gasteiger partial charge on any atom is 0.280 e. The number of hydrogen-bond acceptors (Lipinski definition) is 10. The van der Waals surface area contributed by atoms with E-state index >= 15 is 0 Å². The lowest BCUT2D eigenvalue weighted by atomic mass is 10.0. The predicted molar refractivity (Wildman–Crippen MR) is 445 cm³/mol. The van der Waals surface area contributed by atoms with Gasteiger partial charge in [0.2, 0.25) is 0 Å². The number of nitrogens with zero attached hydrogens (tertiary/aromatic N) is 3. The van der Waals surface area contributed by atoms with E-state index < -0.39 is 5.91 Å². The number of fused-ring (bicyclic) bond motifs is 3. The Labute approximate surface area is 657 Å². The number of rotatable bonds is 30. The fourth-order valence-electron chi connectivity index (χ4n) is 13.4. The summed E-state index contributed by atoms with van der Waals surface area (Å²) in [6.45, 7) is 2.29. The van der Waals surface area contributed by atoms with Crippen molar-refractivity contribution in [3.63, 3.8) is 0 Å². The second-order valence-corrected chi connectivity index (χ2v) is 32.1. The highest BCUT2D eigenvalue weighted by atomic mass is 35.5. The topological polar surface area (TPSA) is 196 Å². The van der Waals surface area contributed by atoms with Gasteiger partial charge in [-0.05, 0) is 138 Å². The van der Waals surface area contributed by atoms with Crippen LogP contribution in [0, 0.1) is 0 Å². The summed E-state index contributed by atoms with van der Waals surface area (Å²) in [7, 11) is 0. The predicted octanol–water partition coefficient (Wildman–Crippen LogP) is 25.2. The molecule has 0 spiro atoms. The smallest absolute Gasteiger partial charge is 0.280 e. The van der Waals surface area contributed by atoms with Crippen molar-refractivity contribution in [1.29, 1.82) is 0 Å². The van der Waals surface area contributed by atoms with E-state index in [2.05, 4.69) is 85.4 Å². The molecule has 6 N–H and O–H groups in total. The third-order valence-electron chi connectivity index (χ3n) is 18.9. The van der Waals surface area contributed by atoms with Gasteiger partial charge in [-0.1, -0.05) is 289 Å². The van der Waals surface area contributed by atoms with E-state index in [0.29, 0.717) is 83.2 Å². The zero-order valence-corrected chi connectivity index (χ0v) is 64.6. The number of halogens is 2. The Bertz CT molecular complexity index is 5160. The van der Waals surface area contributed by atoms with Crippen molar-refractivity contribution in [1.82, 2.24) is 15.0 Å². The molecule has 0 unspecified atom stereocenters. The summed E-state index contributed by atoms with van der Waals surface area (Å²) >= 11 is 18.7. The molecule has 546 valence electrons. The van der Waals surface area contributed by atoms with E-state index in [0.717, 1.165) is 58.0 Å². The molecule has 15 rings (SSSR count). The number of aromatic amines is 3. The van der Waals surface area contributed by atoms with Gasteiger partial charge < -0.3 is 30.3 Å². The summed E-state index contributed by atoms with van der Waals surface area (Å²) in [5.74, 6) is -0.0991. The molecular weight excluding hydrogens is 1460 g/mol. The molecule has 0 saturated carbocycles. The molecule has 12 nitrogen and oxygen atoms in total. The second kappa shape index (κ2) is 37.4. The zero-order valence-electron chi connectivity index (χ0n) is 59.8. The van der Waals surface area contributed by atoms with Crippen LogP contribution in [-0.4, -0.2) is 70.9 Å². The largest absolute Gasteiger partial charge is 0.494 e. The molecule has 0 atom stereocenters. The Hall–Kier alpha value is -9.78. The molecule has 0 aliphatic carbocycles. The molecule has 0 fully saturated rings. The summed E-state index contributed by atoms with van der Waals surface area (Å²) in [5, 5.41) is 33.2. The van der Waals surface area contributed by atoms with Gasteiger partial charge in [-0.2, -0.15) is 0 Å². The number of nitrogens with one attached hydrogen (secondary N) is 3. The van der Waals surface area contributed by atoms with Crippen LogP contribution in [-0.2, 0) is 0 Å². The first kappa shape index (κ1) is 76.4. The van der Waals surface area contributed by atoms with Crippen molar-refractivity contribution in [2.45, 2.75) is 144 Å². The maximum atomic E-state index is 13.1. The third-order valence-corrected chi connectivity index (χ3v) is 23.6. The molecule has 0 saturated heterocycles. The van der Waals surface area contributed by atoms with Crippen molar-refractivity contribution in [2.75, 3.05) is 5.75 Å². The molecule has 0 radical (unpaired) electrons. The molecule has 6 heterocycles. The van der Waals surface area contributed by atoms with E-state index in [4.69, 9.17) is 23.2 Å². The Kier molecular flexibility index (Phi) is 26.4. The van der Waals surface area contributed by atoms with Crippen molar-refractivity contribution < 1.29 is 29.7 Å². The summed E-state index contributed by atoms with van der Waals surface area (Å²) in [6.07, 6.45) is 22.2. The second-order valence-electron chi connectivity index (χ2n) is 26.6. The van der Waals surface area contributed by atoms with Gasteiger partial charge in [0.15, 0.2) is 17.6 Å². The van der Waals surface area contributed by atoms with E-state index in [1.165, 1.54) is 113 Å². The normalized spacial score (nSPS) is 12.6. The van der Waals surface area contributed by atoms with Crippen molar-refractivity contribution in [3.05, 3.63) is 297 Å². The zero-order chi connectivity index (χ0) is 74.7. The maximum absolute atomic E-state index is 13.1. The summed E-state index contributed by atoms with van der Waals surface area (Å²) in [5.41, 5.74) is 10.5. The van der Waals surface area contributed by atoms with Crippen LogP contribution in [0.15, 0.2) is 286 Å². The number of hydrogen-bond donors (Lipinski definition) is 6. The van der Waals surface area contributed by atoms with Crippen molar-refractivity contribution in [3.8, 4) is 51.4 Å². The lowest BCUT2D eigenvalue weighted by molar-refractivity contribution is 0.0998. The molecule has 3 aliphatic heterocycles. The van der Waals surface area contributed by atoms with Gasteiger partial charge >= 0.3 is 0 Å². The third kappa shape index (κ3) is 19.2. The van der Waals surface area contributed by atoms with Crippen LogP contribution in [0.1, 0.15) is 174 Å². The van der Waals surface area contributed by atoms with Crippen molar-refractivity contribution >= 4 is 105 Å². The van der Waals surface area contributed by atoms with Gasteiger partial charge in [0.05, 0.1) is 67.6 Å². The van der Waals surface area contributed by atoms with Gasteiger partial charge in [0.25, 0.3) is 17.7 Å². The van der Waals surface area contributed by atoms with Crippen LogP contribution in [0.3, 0.4) is 0 Å². The fourth-order valence-corrected chi connectivity index (χ4v) is 17.1. The number of thioether (sulfide) groups is 1. The summed E-state index contributed by atoms with van der Waals surface area (Å²) < 4.78 is 0. The summed E-state index contributed by atoms with van der Waals surface area (Å²) in [6, 6.07) is 76.6. The average molecular weight is 1540 g/mol. The first-order chi connectivity index (χ1) is 52.8. The first-order valence-electron chi connectivity index (χ1n) is 36.8. The average Bonchev–Trinajstić information content (AvgIpc) is 1.61. The number of aliphatic imine (C=N–C) groups is 3. The minimum absolute atomic E-state index is 0.0192. The van der Waals surface area contributed by atoms with Gasteiger partial charge in [0, 0.05) is 61.0 Å². The molecule has 3 aliphatic rings. The first-order valence-corrected chi connectivity index (χ1v) is 41.0. The van der Waals surface area contributed by atoms with E-state index in [1.54, 1.807) is 83.8 Å². The standard InChI is InChI=1S/C42H52N2O2S2.C30H20N2O2S2.C18H10Cl2N2O2/c1-2-3-4-5-6-7-8-9-10-11-12-13-14-15-16-20-31-47-34-27-23-32(24-28-34)39-37-38(42(46)43-39)40(44-41(37)45)33-25-29-36(30-26-33)48-35-21-18-17-19-22-35;33-29-25-26(28(32-29)20-13-17-24(18-14-20)36-22-9-5-2-6-10-22)30(34)31-27(25)19-11-15-23(16-12-19)35-21-7-3-1-4-8-21;19-11-5-1-9(2-6-11)15-13-14(18(24)21-15)16(22-17(13)23)10-3-7-12(20)8-4-10/h17-19,21-30,43,46H,2-16,20,31H2,1H3;1-18,31,34H;1-8,21,24H. The number of benzene rings is 9. The van der Waals surface area contributed by atoms with Crippen molar-refractivity contribution in [2.24, 2.45) is 15.0 Å². The molecule has 3 aromatic heterocycles. The number of carbonyl (C=O) groups excluding carboxylic acids is 3. The fraction of sp³-hybridized carbons (Fsp3) is 0.200. The minimum atomic E-state index is -0.392. The lowest BCUT2D eigenvalue weighted by Gasteiger charge is -2.05. The Balaban J connectivity index is 0.000000151. The highest BCUT2D eigenvalue weighted by molar-refractivity contribution is 8.00. The van der Waals surface area contributed by atoms with Crippen LogP contribution >= 0.6 is 70.2 Å². The van der Waals surface area contributed by atoms with Crippen LogP contribution < -0.4 is 0 Å². The van der Waals surface area contributed by atoms with E-state index in [9.17, 15) is 29.7 Å². The molecule has 108 heavy (non-hydrogen) atoms. The quantitative estimate of drug-likeness (QED) is 0.0186. The molecular formula is C90H82Cl2N6O6S4. The number of unbranched alkanes of at least 4 members (excludes halogenated alkanes) is 15. The van der Waals surface area contributed by atoms with Crippen LogP contribution in [0.25, 0.3) is 33.8 Å². The van der Waals surface area contributed by atoms with Gasteiger partial charge in [-0.25, -0.2) is 15.0 Å². The summed E-state index contributed by atoms with van der Waals surface area (Å²) in [4.78, 5) is 68.2. The highest BCUT2D eigenvalue weighted by Crippen LogP contribution is 2.43. The van der Waals surface area contributed by atoms with E-state index in [1.807, 2.05) is 151 Å². The van der Waals surface area contributed by atoms with Crippen LogP contribution in [0.2, 0.25) is 10.0 Å². The Morgan fingerprint density at radius 1 is 0.287 bits per heavy atom. The number of carbonyl (C=O) groups is 3. The van der Waals surface area contributed by atoms with Gasteiger partial charge in [-0.15, -0.1) is 11.8 Å². The highest BCUT2D eigenvalue weighted by Gasteiger charge is 2.36. The number of H-pyrrole nitrogens is 3. The molecule has 3 amide bonds. The van der Waals surface area contributed by atoms with Gasteiger partial charge in [-0.3, -0.25) is 14.4 Å². The number of aromatic nitrogens is 3. The Morgan fingerprint density at radius 3 is 0.824 bits per heavy atom. The monoisotopic (exact) mass is 1540 g/mol. The SMILES string of the molecule is CCCCCCCCCCCCCCCCCCSc1ccc(-c2[nH]c(O)c3c2C(=O)N=C3c2ccc(Sc3ccccc3)cc2)cc1.O=C1N=C(c2ccc(Cl)cc2)c2c(O)[nH]c(-c3ccc(Cl)cc3)c21.O=C1N=C(c2ccc(Sc3ccccc3)cc2)c2c(O)[nH]c(-c3ccc(Sc4ccccc4)cc3)c21.